The van der Waals surface area contributed by atoms with Crippen LogP contribution in [0.5, 0.6) is 5.75 Å². The van der Waals surface area contributed by atoms with Crippen LogP contribution in [-0.2, 0) is 6.42 Å². The predicted octanol–water partition coefficient (Wildman–Crippen LogP) is 4.64. The molecule has 0 saturated carbocycles. The minimum absolute atomic E-state index is 0.00867. The number of rotatable bonds is 3. The fourth-order valence-electron chi connectivity index (χ4n) is 5.01. The van der Waals surface area contributed by atoms with Crippen molar-refractivity contribution in [3.63, 3.8) is 0 Å². The molecule has 4 nitrogen and oxygen atoms in total. The molecule has 1 aromatic heterocycles. The molecule has 0 amide bonds. The van der Waals surface area contributed by atoms with Gasteiger partial charge in [-0.25, -0.2) is 4.99 Å². The molecule has 168 valence electrons. The number of para-hydroxylation sites is 1. The average Bonchev–Trinajstić information content (AvgIpc) is 3.18. The summed E-state index contributed by atoms with van der Waals surface area (Å²) in [6.45, 7) is 2.06. The van der Waals surface area contributed by atoms with Crippen LogP contribution in [0.3, 0.4) is 0 Å². The van der Waals surface area contributed by atoms with Gasteiger partial charge < -0.3 is 4.74 Å². The molecule has 2 heterocycles. The van der Waals surface area contributed by atoms with Crippen molar-refractivity contribution in [3.8, 4) is 5.75 Å². The smallest absolute Gasteiger partial charge is 0.271 e. The first kappa shape index (κ1) is 20.9. The van der Waals surface area contributed by atoms with E-state index in [0.717, 1.165) is 40.2 Å². The number of fused-ring (bicyclic) bond motifs is 3. The van der Waals surface area contributed by atoms with Crippen LogP contribution < -0.4 is 19.6 Å². The van der Waals surface area contributed by atoms with E-state index in [1.54, 1.807) is 7.11 Å². The molecular weight excluding hydrogens is 440 g/mol. The van der Waals surface area contributed by atoms with E-state index in [9.17, 15) is 4.79 Å². The fourth-order valence-corrected chi connectivity index (χ4v) is 6.01. The Kier molecular flexibility index (Phi) is 5.07. The van der Waals surface area contributed by atoms with Crippen LogP contribution in [0, 0.1) is 6.92 Å². The zero-order valence-electron chi connectivity index (χ0n) is 19.1. The molecule has 0 radical (unpaired) electrons. The number of thiazole rings is 1. The lowest BCUT2D eigenvalue weighted by atomic mass is 9.83. The molecule has 0 fully saturated rings. The maximum absolute atomic E-state index is 13.8. The normalized spacial score (nSPS) is 17.0. The topological polar surface area (TPSA) is 43.6 Å². The first-order valence-electron chi connectivity index (χ1n) is 11.5. The van der Waals surface area contributed by atoms with Gasteiger partial charge in [0.2, 0.25) is 0 Å². The molecule has 2 aliphatic rings. The second-order valence-electron chi connectivity index (χ2n) is 8.77. The molecule has 4 aromatic rings. The van der Waals surface area contributed by atoms with Crippen LogP contribution in [-0.4, -0.2) is 11.7 Å². The second kappa shape index (κ2) is 8.26. The van der Waals surface area contributed by atoms with E-state index in [0.29, 0.717) is 4.53 Å². The lowest BCUT2D eigenvalue weighted by Gasteiger charge is -2.31. The number of hydrogen-bond donors (Lipinski definition) is 0. The van der Waals surface area contributed by atoms with Crippen LogP contribution in [0.2, 0.25) is 0 Å². The molecule has 0 spiro atoms. The van der Waals surface area contributed by atoms with Crippen molar-refractivity contribution in [2.24, 2.45) is 4.99 Å². The van der Waals surface area contributed by atoms with Gasteiger partial charge in [0, 0.05) is 11.1 Å². The van der Waals surface area contributed by atoms with E-state index in [2.05, 4.69) is 49.4 Å². The van der Waals surface area contributed by atoms with E-state index in [4.69, 9.17) is 9.73 Å². The Labute approximate surface area is 201 Å². The molecule has 3 aromatic carbocycles. The third-order valence-electron chi connectivity index (χ3n) is 6.68. The Morgan fingerprint density at radius 3 is 2.59 bits per heavy atom. The molecule has 34 heavy (non-hydrogen) atoms. The Morgan fingerprint density at radius 1 is 1.00 bits per heavy atom. The van der Waals surface area contributed by atoms with Gasteiger partial charge in [-0.1, -0.05) is 83.6 Å². The van der Waals surface area contributed by atoms with Gasteiger partial charge in [0.15, 0.2) is 4.80 Å². The highest BCUT2D eigenvalue weighted by molar-refractivity contribution is 7.07. The monoisotopic (exact) mass is 464 g/mol. The molecule has 0 bridgehead atoms. The van der Waals surface area contributed by atoms with Gasteiger partial charge in [0.1, 0.15) is 5.75 Å². The molecule has 5 heteroatoms. The molecule has 0 N–H and O–H groups in total. The predicted molar refractivity (Wildman–Crippen MR) is 137 cm³/mol. The molecule has 1 atom stereocenters. The summed E-state index contributed by atoms with van der Waals surface area (Å²) >= 11 is 1.46. The molecule has 1 aliphatic heterocycles. The number of aryl methyl sites for hydroxylation is 2. The number of aromatic nitrogens is 1. The lowest BCUT2D eigenvalue weighted by Crippen LogP contribution is -2.38. The minimum Gasteiger partial charge on any atom is -0.496 e. The zero-order valence-corrected chi connectivity index (χ0v) is 19.9. The largest absolute Gasteiger partial charge is 0.496 e. The number of methoxy groups -OCH3 is 1. The van der Waals surface area contributed by atoms with E-state index in [1.807, 2.05) is 41.0 Å². The van der Waals surface area contributed by atoms with Crippen LogP contribution >= 0.6 is 11.3 Å². The van der Waals surface area contributed by atoms with Crippen molar-refractivity contribution in [3.05, 3.63) is 126 Å². The summed E-state index contributed by atoms with van der Waals surface area (Å²) in [5, 5.41) is 0. The van der Waals surface area contributed by atoms with E-state index < -0.39 is 0 Å². The number of ether oxygens (including phenoxy) is 1. The maximum Gasteiger partial charge on any atom is 0.271 e. The highest BCUT2D eigenvalue weighted by Crippen LogP contribution is 2.43. The summed E-state index contributed by atoms with van der Waals surface area (Å²) in [6, 6.07) is 24.5. The quantitative estimate of drug-likeness (QED) is 0.444. The fraction of sp³-hybridized carbons (Fsp3) is 0.172. The highest BCUT2D eigenvalue weighted by Gasteiger charge is 2.33. The van der Waals surface area contributed by atoms with Crippen LogP contribution in [0.25, 0.3) is 11.8 Å². The summed E-state index contributed by atoms with van der Waals surface area (Å²) in [5.74, 6) is 0.785. The number of nitrogens with zero attached hydrogens (tertiary/aromatic N) is 2. The highest BCUT2D eigenvalue weighted by atomic mass is 32.1. The zero-order chi connectivity index (χ0) is 23.2. The Balaban J connectivity index is 1.64. The second-order valence-corrected chi connectivity index (χ2v) is 9.78. The summed E-state index contributed by atoms with van der Waals surface area (Å²) in [6.07, 6.45) is 3.77. The number of allylic oxidation sites excluding steroid dienone is 1. The first-order chi connectivity index (χ1) is 16.6. The summed E-state index contributed by atoms with van der Waals surface area (Å²) < 4.78 is 8.30. The van der Waals surface area contributed by atoms with E-state index >= 15 is 0 Å². The Morgan fingerprint density at radius 2 is 1.76 bits per heavy atom. The SMILES string of the molecule is COc1ccccc1[C@@H]1C2=C(N=c3s/c(=C\c4ccc(C)cc4)c(=O)n31)c1ccccc1CC2. The van der Waals surface area contributed by atoms with Crippen LogP contribution in [0.15, 0.2) is 88.2 Å². The van der Waals surface area contributed by atoms with Gasteiger partial charge in [-0.2, -0.15) is 0 Å². The van der Waals surface area contributed by atoms with Crippen molar-refractivity contribution in [1.29, 1.82) is 0 Å². The molecule has 1 aliphatic carbocycles. The van der Waals surface area contributed by atoms with E-state index in [-0.39, 0.29) is 11.6 Å². The maximum atomic E-state index is 13.8. The summed E-state index contributed by atoms with van der Waals surface area (Å²) in [7, 11) is 1.69. The molecule has 0 saturated heterocycles. The summed E-state index contributed by atoms with van der Waals surface area (Å²) in [5.41, 5.74) is 7.85. The van der Waals surface area contributed by atoms with Gasteiger partial charge >= 0.3 is 0 Å². The average molecular weight is 465 g/mol. The van der Waals surface area contributed by atoms with Crippen LogP contribution in [0.1, 0.15) is 40.3 Å². The van der Waals surface area contributed by atoms with Gasteiger partial charge in [-0.15, -0.1) is 0 Å². The van der Waals surface area contributed by atoms with Gasteiger partial charge in [-0.05, 0) is 48.6 Å². The lowest BCUT2D eigenvalue weighted by molar-refractivity contribution is 0.402. The van der Waals surface area contributed by atoms with Crippen LogP contribution in [0.4, 0.5) is 0 Å². The number of hydrogen-bond acceptors (Lipinski definition) is 4. The van der Waals surface area contributed by atoms with Crippen molar-refractivity contribution in [1.82, 2.24) is 4.57 Å². The standard InChI is InChI=1S/C29H24N2O2S/c1-18-11-13-19(14-12-18)17-25-28(32)31-27(22-9-5-6-10-24(22)33-2)23-16-15-20-7-3-4-8-21(20)26(23)30-29(31)34-25/h3-14,17,27H,15-16H2,1-2H3/b25-17-/t27-/m1/s1. The minimum atomic E-state index is -0.240. The first-order valence-corrected chi connectivity index (χ1v) is 12.3. The van der Waals surface area contributed by atoms with Crippen molar-refractivity contribution in [2.45, 2.75) is 25.8 Å². The Bertz CT molecular complexity index is 1620. The third kappa shape index (κ3) is 3.35. The third-order valence-corrected chi connectivity index (χ3v) is 7.66. The number of benzene rings is 3. The Hall–Kier alpha value is -3.70. The van der Waals surface area contributed by atoms with Crippen molar-refractivity contribution < 1.29 is 4.74 Å². The molecular formula is C29H24N2O2S. The van der Waals surface area contributed by atoms with Gasteiger partial charge in [0.25, 0.3) is 5.56 Å². The van der Waals surface area contributed by atoms with Crippen molar-refractivity contribution in [2.75, 3.05) is 7.11 Å². The van der Waals surface area contributed by atoms with E-state index in [1.165, 1.54) is 33.6 Å². The van der Waals surface area contributed by atoms with Gasteiger partial charge in [-0.3, -0.25) is 9.36 Å². The molecule has 6 rings (SSSR count). The van der Waals surface area contributed by atoms with Crippen molar-refractivity contribution >= 4 is 23.1 Å². The summed E-state index contributed by atoms with van der Waals surface area (Å²) in [4.78, 5) is 19.6. The van der Waals surface area contributed by atoms with Gasteiger partial charge in [0.05, 0.1) is 23.4 Å². The molecule has 0 unspecified atom stereocenters.